The van der Waals surface area contributed by atoms with E-state index >= 15 is 0 Å². The van der Waals surface area contributed by atoms with Crippen molar-refractivity contribution in [1.29, 1.82) is 5.26 Å². The second kappa shape index (κ2) is 21.0. The molecule has 0 radical (unpaired) electrons. The second-order valence-electron chi connectivity index (χ2n) is 17.1. The van der Waals surface area contributed by atoms with Crippen LogP contribution >= 0.6 is 0 Å². The minimum Gasteiger partial charge on any atom is -0.459 e. The molecule has 1 saturated carbocycles. The van der Waals surface area contributed by atoms with Gasteiger partial charge in [0, 0.05) is 43.7 Å². The smallest absolute Gasteiger partial charge is 0.254 e. The van der Waals surface area contributed by atoms with E-state index in [2.05, 4.69) is 49.1 Å². The van der Waals surface area contributed by atoms with Crippen LogP contribution in [0.1, 0.15) is 77.9 Å². The summed E-state index contributed by atoms with van der Waals surface area (Å²) in [5, 5.41) is 34.4. The van der Waals surface area contributed by atoms with Crippen LogP contribution in [0.4, 0.5) is 0 Å². The van der Waals surface area contributed by atoms with Crippen LogP contribution in [-0.4, -0.2) is 65.4 Å². The Labute approximate surface area is 382 Å². The number of oxime groups is 1. The third kappa shape index (κ3) is 9.79. The first kappa shape index (κ1) is 45.1. The molecule has 0 aromatic heterocycles. The van der Waals surface area contributed by atoms with Crippen LogP contribution in [0.5, 0.6) is 17.2 Å². The quantitative estimate of drug-likeness (QED) is 0.0476. The molecular weight excluding hydrogens is 815 g/mol. The molecule has 65 heavy (non-hydrogen) atoms. The molecule has 6 unspecified atom stereocenters. The summed E-state index contributed by atoms with van der Waals surface area (Å²) in [7, 11) is 1.77. The van der Waals surface area contributed by atoms with Crippen molar-refractivity contribution in [2.24, 2.45) is 22.9 Å². The van der Waals surface area contributed by atoms with E-state index in [4.69, 9.17) is 24.2 Å². The van der Waals surface area contributed by atoms with Gasteiger partial charge in [-0.1, -0.05) is 103 Å². The number of nitriles is 1. The van der Waals surface area contributed by atoms with Crippen molar-refractivity contribution in [3.05, 3.63) is 174 Å². The first-order chi connectivity index (χ1) is 31.9. The summed E-state index contributed by atoms with van der Waals surface area (Å²) in [6, 6.07) is 42.2. The lowest BCUT2D eigenvalue weighted by Crippen LogP contribution is -2.69. The summed E-state index contributed by atoms with van der Waals surface area (Å²) < 4.78 is 21.0. The maximum atomic E-state index is 14.7. The molecule has 6 atom stereocenters. The van der Waals surface area contributed by atoms with E-state index in [1.807, 2.05) is 72.8 Å². The number of ether oxygens (including phenoxy) is 3. The number of carbonyl (C=O) groups excluding carboxylic acids is 1. The summed E-state index contributed by atoms with van der Waals surface area (Å²) in [6.07, 6.45) is 8.88. The summed E-state index contributed by atoms with van der Waals surface area (Å²) in [5.41, 5.74) is 6.68. The van der Waals surface area contributed by atoms with Gasteiger partial charge in [0.1, 0.15) is 29.9 Å². The Morgan fingerprint density at radius 1 is 0.877 bits per heavy atom. The number of carbonyl (C=O) groups is 1. The van der Waals surface area contributed by atoms with Gasteiger partial charge in [-0.3, -0.25) is 4.79 Å². The highest BCUT2D eigenvalue weighted by atomic mass is 16.7. The molecule has 334 valence electrons. The van der Waals surface area contributed by atoms with Crippen LogP contribution in [0.25, 0.3) is 11.1 Å². The fourth-order valence-electron chi connectivity index (χ4n) is 10.1. The van der Waals surface area contributed by atoms with Crippen LogP contribution in [0.2, 0.25) is 0 Å². The van der Waals surface area contributed by atoms with E-state index in [1.165, 1.54) is 0 Å². The molecule has 1 fully saturated rings. The second-order valence-corrected chi connectivity index (χ2v) is 17.1. The number of aliphatic hydroxyl groups excluding tert-OH is 2. The molecule has 8 rings (SSSR count). The molecule has 0 spiro atoms. The molecule has 5 aromatic rings. The van der Waals surface area contributed by atoms with Gasteiger partial charge < -0.3 is 34.2 Å². The van der Waals surface area contributed by atoms with E-state index in [1.54, 1.807) is 42.3 Å². The number of hydrogen-bond donors (Lipinski definition) is 2. The molecular formula is C55H57N3O7. The Kier molecular flexibility index (Phi) is 14.6. The number of hydrogen-bond acceptors (Lipinski definition) is 9. The van der Waals surface area contributed by atoms with Crippen molar-refractivity contribution in [1.82, 2.24) is 4.90 Å². The van der Waals surface area contributed by atoms with Crippen LogP contribution in [0, 0.1) is 29.1 Å². The average molecular weight is 872 g/mol. The van der Waals surface area contributed by atoms with Crippen molar-refractivity contribution in [2.75, 3.05) is 26.9 Å². The molecule has 1 aliphatic heterocycles. The standard InChI is InChI=1S/C55H57N3O7/c1-3-32-62-55-51(58(2)54(61)42-22-20-38(36-56)21-23-42)35-49(57-63-37-39-14-6-4-7-15-39)47-33-43(18-10-12-30-59)46(19-11-13-31-60)52(53(47)55)48-34-45(28-29-50(48)65-55)64-44-26-24-41(25-27-44)40-16-8-5-9-17-40/h3-9,14-17,20-29,33-34,43,46,51-53,59-60H,1,10-13,18-19,30-32,35,37H2,2H3. The first-order valence-electron chi connectivity index (χ1n) is 22.7. The molecule has 0 saturated heterocycles. The molecule has 2 aliphatic carbocycles. The number of fused-ring (bicyclic) bond motifs is 2. The summed E-state index contributed by atoms with van der Waals surface area (Å²) in [5.74, 6) is -0.254. The van der Waals surface area contributed by atoms with E-state index in [0.717, 1.165) is 53.5 Å². The Bertz CT molecular complexity index is 2500. The lowest BCUT2D eigenvalue weighted by atomic mass is 9.55. The predicted molar refractivity (Wildman–Crippen MR) is 251 cm³/mol. The van der Waals surface area contributed by atoms with Crippen molar-refractivity contribution >= 4 is 11.6 Å². The maximum Gasteiger partial charge on any atom is 0.254 e. The van der Waals surface area contributed by atoms with Crippen LogP contribution in [-0.2, 0) is 16.2 Å². The Morgan fingerprint density at radius 2 is 1.55 bits per heavy atom. The number of amides is 1. The van der Waals surface area contributed by atoms with Crippen molar-refractivity contribution in [3.63, 3.8) is 0 Å². The third-order valence-corrected chi connectivity index (χ3v) is 13.1. The largest absolute Gasteiger partial charge is 0.459 e. The number of allylic oxidation sites excluding steroid dienone is 1. The SMILES string of the molecule is C=CCOC12Oc3ccc(Oc4ccc(-c5ccccc5)cc4)cc3C3C(CCCCO)C(CCCCO)C=C(C(=NOCc4ccccc4)CC1N(C)C(=O)c1ccc(C#N)cc1)C32. The third-order valence-electron chi connectivity index (χ3n) is 13.1. The number of unbranched alkanes of at least 4 members (excludes halogenated alkanes) is 2. The van der Waals surface area contributed by atoms with E-state index in [-0.39, 0.29) is 56.5 Å². The topological polar surface area (TPSA) is 134 Å². The lowest BCUT2D eigenvalue weighted by molar-refractivity contribution is -0.252. The molecule has 5 aromatic carbocycles. The average Bonchev–Trinajstić information content (AvgIpc) is 3.35. The Hall–Kier alpha value is -6.51. The maximum absolute atomic E-state index is 14.7. The fraction of sp³-hybridized carbons (Fsp3) is 0.327. The zero-order valence-corrected chi connectivity index (χ0v) is 36.9. The molecule has 2 N–H and O–H groups in total. The number of benzene rings is 5. The fourth-order valence-corrected chi connectivity index (χ4v) is 10.1. The predicted octanol–water partition coefficient (Wildman–Crippen LogP) is 10.6. The van der Waals surface area contributed by atoms with E-state index in [9.17, 15) is 20.3 Å². The molecule has 10 nitrogen and oxygen atoms in total. The van der Waals surface area contributed by atoms with E-state index in [0.29, 0.717) is 46.9 Å². The minimum absolute atomic E-state index is 0.0496. The van der Waals surface area contributed by atoms with Crippen molar-refractivity contribution < 1.29 is 34.1 Å². The highest BCUT2D eigenvalue weighted by Gasteiger charge is 2.65. The molecule has 0 bridgehead atoms. The number of aliphatic hydroxyl groups is 2. The number of nitrogens with zero attached hydrogens (tertiary/aromatic N) is 3. The van der Waals surface area contributed by atoms with Crippen LogP contribution < -0.4 is 9.47 Å². The van der Waals surface area contributed by atoms with Gasteiger partial charge in [-0.05, 0) is 114 Å². The van der Waals surface area contributed by atoms with Gasteiger partial charge in [0.25, 0.3) is 5.91 Å². The monoisotopic (exact) mass is 871 g/mol. The Balaban J connectivity index is 1.27. The minimum atomic E-state index is -1.41. The van der Waals surface area contributed by atoms with Gasteiger partial charge in [-0.25, -0.2) is 0 Å². The summed E-state index contributed by atoms with van der Waals surface area (Å²) in [4.78, 5) is 22.6. The van der Waals surface area contributed by atoms with Crippen LogP contribution in [0.3, 0.4) is 0 Å². The first-order valence-corrected chi connectivity index (χ1v) is 22.7. The zero-order valence-electron chi connectivity index (χ0n) is 36.9. The lowest BCUT2D eigenvalue weighted by Gasteiger charge is -2.59. The Morgan fingerprint density at radius 3 is 2.25 bits per heavy atom. The van der Waals surface area contributed by atoms with Gasteiger partial charge in [0.15, 0.2) is 0 Å². The van der Waals surface area contributed by atoms with E-state index < -0.39 is 17.7 Å². The normalized spacial score (nSPS) is 22.3. The van der Waals surface area contributed by atoms with Gasteiger partial charge in [0.2, 0.25) is 5.79 Å². The van der Waals surface area contributed by atoms with Crippen LogP contribution in [0.15, 0.2) is 157 Å². The number of rotatable bonds is 19. The van der Waals surface area contributed by atoms with Crippen molar-refractivity contribution in [2.45, 2.75) is 69.3 Å². The van der Waals surface area contributed by atoms with Gasteiger partial charge >= 0.3 is 0 Å². The summed E-state index contributed by atoms with van der Waals surface area (Å²) >= 11 is 0. The van der Waals surface area contributed by atoms with Gasteiger partial charge in [0.05, 0.1) is 29.9 Å². The highest BCUT2D eigenvalue weighted by molar-refractivity contribution is 6.03. The molecule has 1 amide bonds. The van der Waals surface area contributed by atoms with Gasteiger partial charge in [-0.2, -0.15) is 5.26 Å². The van der Waals surface area contributed by atoms with Crippen molar-refractivity contribution in [3.8, 4) is 34.4 Å². The highest BCUT2D eigenvalue weighted by Crippen LogP contribution is 2.62. The molecule has 1 heterocycles. The summed E-state index contributed by atoms with van der Waals surface area (Å²) in [6.45, 7) is 4.63. The molecule has 3 aliphatic rings. The van der Waals surface area contributed by atoms with Gasteiger partial charge in [-0.15, -0.1) is 6.58 Å². The zero-order chi connectivity index (χ0) is 45.2. The number of likely N-dealkylation sites (N-methyl/N-ethyl adjacent to an activating group) is 1. The molecule has 10 heteroatoms.